The van der Waals surface area contributed by atoms with Crippen molar-refractivity contribution < 1.29 is 17.7 Å². The van der Waals surface area contributed by atoms with E-state index < -0.39 is 26.5 Å². The van der Waals surface area contributed by atoms with Crippen LogP contribution in [0.5, 0.6) is 0 Å². The fourth-order valence-electron chi connectivity index (χ4n) is 2.78. The number of hydrogen-bond donors (Lipinski definition) is 0. The van der Waals surface area contributed by atoms with Crippen LogP contribution in [0.2, 0.25) is 0 Å². The van der Waals surface area contributed by atoms with Crippen molar-refractivity contribution in [2.45, 2.75) is 38.1 Å². The van der Waals surface area contributed by atoms with E-state index in [9.17, 15) is 22.9 Å². The molecule has 6 nitrogen and oxygen atoms in total. The Hall–Kier alpha value is -1.54. The van der Waals surface area contributed by atoms with Crippen molar-refractivity contribution in [3.05, 3.63) is 33.6 Å². The van der Waals surface area contributed by atoms with Gasteiger partial charge in [-0.05, 0) is 37.8 Å². The van der Waals surface area contributed by atoms with Crippen LogP contribution in [0, 0.1) is 28.8 Å². The summed E-state index contributed by atoms with van der Waals surface area (Å²) >= 11 is 0. The monoisotopic (exact) mass is 316 g/mol. The third kappa shape index (κ3) is 2.77. The molecule has 0 saturated carbocycles. The van der Waals surface area contributed by atoms with E-state index in [1.54, 1.807) is 6.92 Å². The van der Waals surface area contributed by atoms with Gasteiger partial charge in [-0.2, -0.15) is 8.70 Å². The second-order valence-corrected chi connectivity index (χ2v) is 7.45. The number of nitro groups is 1. The zero-order valence-corrected chi connectivity index (χ0v) is 12.9. The predicted octanol–water partition coefficient (Wildman–Crippen LogP) is 2.46. The molecule has 0 aromatic heterocycles. The maximum Gasteiger partial charge on any atom is 0.306 e. The third-order valence-corrected chi connectivity index (χ3v) is 5.88. The number of benzene rings is 1. The lowest BCUT2D eigenvalue weighted by atomic mass is 10.1. The normalized spacial score (nSPS) is 23.4. The molecule has 0 radical (unpaired) electrons. The van der Waals surface area contributed by atoms with E-state index in [2.05, 4.69) is 0 Å². The number of halogens is 1. The van der Waals surface area contributed by atoms with Crippen molar-refractivity contribution in [2.75, 3.05) is 6.54 Å². The van der Waals surface area contributed by atoms with Gasteiger partial charge in [0.1, 0.15) is 0 Å². The van der Waals surface area contributed by atoms with Crippen LogP contribution in [0.3, 0.4) is 0 Å². The maximum atomic E-state index is 13.5. The summed E-state index contributed by atoms with van der Waals surface area (Å²) in [6.45, 7) is 5.55. The van der Waals surface area contributed by atoms with Crippen LogP contribution in [-0.4, -0.2) is 30.2 Å². The molecule has 1 aliphatic rings. The lowest BCUT2D eigenvalue weighted by Gasteiger charge is -2.22. The standard InChI is InChI=1S/C13H17FN2O4S/c1-8-4-10(3)15(7-8)21(19,20)13-6-12(16(17)18)11(14)5-9(13)2/h5-6,8,10H,4,7H2,1-3H3. The number of rotatable bonds is 3. The SMILES string of the molecule is Cc1cc(F)c([N+](=O)[O-])cc1S(=O)(=O)N1CC(C)CC1C. The Morgan fingerprint density at radius 2 is 2.00 bits per heavy atom. The Bertz CT molecular complexity index is 690. The summed E-state index contributed by atoms with van der Waals surface area (Å²) in [7, 11) is -3.86. The minimum absolute atomic E-state index is 0.171. The van der Waals surface area contributed by atoms with E-state index in [0.29, 0.717) is 6.54 Å². The minimum atomic E-state index is -3.86. The molecule has 1 heterocycles. The maximum absolute atomic E-state index is 13.5. The summed E-state index contributed by atoms with van der Waals surface area (Å²) < 4.78 is 40.2. The molecule has 0 N–H and O–H groups in total. The molecule has 1 aromatic carbocycles. The first-order valence-corrected chi connectivity index (χ1v) is 8.05. The van der Waals surface area contributed by atoms with E-state index in [1.807, 2.05) is 6.92 Å². The lowest BCUT2D eigenvalue weighted by molar-refractivity contribution is -0.387. The number of sulfonamides is 1. The molecular weight excluding hydrogens is 299 g/mol. The Kier molecular flexibility index (Phi) is 4.03. The highest BCUT2D eigenvalue weighted by molar-refractivity contribution is 7.89. The van der Waals surface area contributed by atoms with Crippen LogP contribution in [-0.2, 0) is 10.0 Å². The van der Waals surface area contributed by atoms with E-state index in [-0.39, 0.29) is 22.4 Å². The van der Waals surface area contributed by atoms with Gasteiger partial charge in [-0.15, -0.1) is 0 Å². The number of aryl methyl sites for hydroxylation is 1. The van der Waals surface area contributed by atoms with Crippen LogP contribution in [0.15, 0.2) is 17.0 Å². The lowest BCUT2D eigenvalue weighted by Crippen LogP contribution is -2.34. The Labute approximate surface area is 122 Å². The van der Waals surface area contributed by atoms with Gasteiger partial charge in [0.25, 0.3) is 0 Å². The molecule has 2 rings (SSSR count). The van der Waals surface area contributed by atoms with Crippen LogP contribution in [0.1, 0.15) is 25.8 Å². The highest BCUT2D eigenvalue weighted by Crippen LogP contribution is 2.32. The second kappa shape index (κ2) is 5.34. The molecule has 1 aliphatic heterocycles. The van der Waals surface area contributed by atoms with Gasteiger partial charge in [-0.25, -0.2) is 8.42 Å². The van der Waals surface area contributed by atoms with Gasteiger partial charge in [-0.3, -0.25) is 10.1 Å². The highest BCUT2D eigenvalue weighted by atomic mass is 32.2. The van der Waals surface area contributed by atoms with Crippen molar-refractivity contribution in [1.29, 1.82) is 0 Å². The van der Waals surface area contributed by atoms with Crippen LogP contribution >= 0.6 is 0 Å². The van der Waals surface area contributed by atoms with Gasteiger partial charge >= 0.3 is 5.69 Å². The molecule has 2 atom stereocenters. The Morgan fingerprint density at radius 3 is 2.48 bits per heavy atom. The first-order valence-electron chi connectivity index (χ1n) is 6.61. The summed E-state index contributed by atoms with van der Waals surface area (Å²) in [5.74, 6) is -0.801. The highest BCUT2D eigenvalue weighted by Gasteiger charge is 2.37. The first-order chi connectivity index (χ1) is 9.64. The van der Waals surface area contributed by atoms with Crippen molar-refractivity contribution in [2.24, 2.45) is 5.92 Å². The van der Waals surface area contributed by atoms with Gasteiger partial charge in [0.05, 0.1) is 9.82 Å². The smallest absolute Gasteiger partial charge is 0.258 e. The molecule has 8 heteroatoms. The molecule has 21 heavy (non-hydrogen) atoms. The molecule has 0 bridgehead atoms. The molecule has 1 saturated heterocycles. The molecule has 0 spiro atoms. The summed E-state index contributed by atoms with van der Waals surface area (Å²) in [4.78, 5) is 9.70. The Balaban J connectivity index is 2.55. The molecule has 116 valence electrons. The summed E-state index contributed by atoms with van der Waals surface area (Å²) in [6.07, 6.45) is 0.738. The average Bonchev–Trinajstić information content (AvgIpc) is 2.68. The topological polar surface area (TPSA) is 80.5 Å². The molecule has 0 aliphatic carbocycles. The van der Waals surface area contributed by atoms with Crippen LogP contribution < -0.4 is 0 Å². The summed E-state index contributed by atoms with van der Waals surface area (Å²) in [5.41, 5.74) is -0.649. The quantitative estimate of drug-likeness (QED) is 0.633. The summed E-state index contributed by atoms with van der Waals surface area (Å²) in [6, 6.07) is 1.54. The average molecular weight is 316 g/mol. The van der Waals surface area contributed by atoms with Crippen molar-refractivity contribution in [1.82, 2.24) is 4.31 Å². The van der Waals surface area contributed by atoms with Gasteiger partial charge < -0.3 is 0 Å². The number of hydrogen-bond acceptors (Lipinski definition) is 4. The zero-order valence-electron chi connectivity index (χ0n) is 12.0. The molecule has 1 fully saturated rings. The number of nitro benzene ring substituents is 1. The van der Waals surface area contributed by atoms with E-state index >= 15 is 0 Å². The van der Waals surface area contributed by atoms with Crippen molar-refractivity contribution in [3.63, 3.8) is 0 Å². The van der Waals surface area contributed by atoms with Crippen LogP contribution in [0.4, 0.5) is 10.1 Å². The second-order valence-electron chi connectivity index (χ2n) is 5.59. The fourth-order valence-corrected chi connectivity index (χ4v) is 4.77. The van der Waals surface area contributed by atoms with E-state index in [4.69, 9.17) is 0 Å². The zero-order chi connectivity index (χ0) is 15.9. The largest absolute Gasteiger partial charge is 0.306 e. The van der Waals surface area contributed by atoms with E-state index in [1.165, 1.54) is 11.2 Å². The minimum Gasteiger partial charge on any atom is -0.258 e. The van der Waals surface area contributed by atoms with Gasteiger partial charge in [0, 0.05) is 18.7 Å². The predicted molar refractivity (Wildman–Crippen MR) is 74.9 cm³/mol. The van der Waals surface area contributed by atoms with Crippen molar-refractivity contribution in [3.8, 4) is 0 Å². The number of nitrogens with zero attached hydrogens (tertiary/aromatic N) is 2. The molecule has 0 amide bonds. The fraction of sp³-hybridized carbons (Fsp3) is 0.538. The van der Waals surface area contributed by atoms with Gasteiger partial charge in [-0.1, -0.05) is 6.92 Å². The van der Waals surface area contributed by atoms with Gasteiger partial charge in [0.2, 0.25) is 15.8 Å². The van der Waals surface area contributed by atoms with Crippen molar-refractivity contribution >= 4 is 15.7 Å². The molecule has 2 unspecified atom stereocenters. The van der Waals surface area contributed by atoms with Gasteiger partial charge in [0.15, 0.2) is 0 Å². The molecular formula is C13H17FN2O4S. The third-order valence-electron chi connectivity index (χ3n) is 3.75. The molecule has 1 aromatic rings. The Morgan fingerprint density at radius 1 is 1.38 bits per heavy atom. The first kappa shape index (κ1) is 15.8. The van der Waals surface area contributed by atoms with E-state index in [0.717, 1.165) is 18.6 Å². The van der Waals surface area contributed by atoms with Crippen LogP contribution in [0.25, 0.3) is 0 Å². The summed E-state index contributed by atoms with van der Waals surface area (Å²) in [5, 5.41) is 10.8.